The Morgan fingerprint density at radius 2 is 2.29 bits per heavy atom. The molecule has 0 heterocycles. The van der Waals surface area contributed by atoms with Crippen LogP contribution in [0.3, 0.4) is 0 Å². The van der Waals surface area contributed by atoms with Gasteiger partial charge in [0.1, 0.15) is 11.5 Å². The van der Waals surface area contributed by atoms with E-state index >= 15 is 0 Å². The number of phenolic OH excluding ortho intramolecular Hbond substituents is 1. The molecular weight excluding hydrogens is 176 g/mol. The highest BCUT2D eigenvalue weighted by Gasteiger charge is 2.28. The average molecular weight is 192 g/mol. The number of rotatable bonds is 4. The van der Waals surface area contributed by atoms with E-state index in [2.05, 4.69) is 6.92 Å². The normalized spacial score (nSPS) is 17.8. The molecule has 1 aromatic rings. The lowest BCUT2D eigenvalue weighted by Crippen LogP contribution is -2.10. The van der Waals surface area contributed by atoms with Crippen molar-refractivity contribution in [2.24, 2.45) is 11.8 Å². The molecule has 1 aliphatic carbocycles. The molecule has 0 aliphatic heterocycles. The monoisotopic (exact) mass is 192 g/mol. The second kappa shape index (κ2) is 3.91. The molecule has 0 amide bonds. The number of hydrogen-bond donors (Lipinski definition) is 1. The number of hydrogen-bond acceptors (Lipinski definition) is 2. The van der Waals surface area contributed by atoms with Gasteiger partial charge in [-0.1, -0.05) is 13.0 Å². The van der Waals surface area contributed by atoms with E-state index in [1.165, 1.54) is 12.8 Å². The zero-order valence-electron chi connectivity index (χ0n) is 8.44. The summed E-state index contributed by atoms with van der Waals surface area (Å²) in [4.78, 5) is 0. The molecule has 1 fully saturated rings. The minimum atomic E-state index is 0.265. The van der Waals surface area contributed by atoms with Crippen molar-refractivity contribution < 1.29 is 9.84 Å². The molecule has 0 radical (unpaired) electrons. The average Bonchev–Trinajstić information content (AvgIpc) is 2.97. The summed E-state index contributed by atoms with van der Waals surface area (Å²) in [5, 5.41) is 9.22. The Labute approximate surface area is 84.5 Å². The van der Waals surface area contributed by atoms with Crippen LogP contribution in [0.1, 0.15) is 19.8 Å². The van der Waals surface area contributed by atoms with Crippen LogP contribution in [0.2, 0.25) is 0 Å². The molecule has 14 heavy (non-hydrogen) atoms. The molecule has 2 nitrogen and oxygen atoms in total. The quantitative estimate of drug-likeness (QED) is 0.794. The molecule has 1 atom stereocenters. The van der Waals surface area contributed by atoms with E-state index in [9.17, 15) is 5.11 Å². The van der Waals surface area contributed by atoms with Gasteiger partial charge in [-0.25, -0.2) is 0 Å². The summed E-state index contributed by atoms with van der Waals surface area (Å²) in [6, 6.07) is 6.97. The Morgan fingerprint density at radius 3 is 2.93 bits per heavy atom. The van der Waals surface area contributed by atoms with Crippen LogP contribution >= 0.6 is 0 Å². The van der Waals surface area contributed by atoms with E-state index in [4.69, 9.17) is 4.74 Å². The molecular formula is C12H16O2. The molecule has 2 rings (SSSR count). The number of ether oxygens (including phenoxy) is 1. The van der Waals surface area contributed by atoms with Crippen molar-refractivity contribution in [3.05, 3.63) is 24.3 Å². The van der Waals surface area contributed by atoms with Crippen LogP contribution in [0.15, 0.2) is 24.3 Å². The fourth-order valence-electron chi connectivity index (χ4n) is 1.60. The van der Waals surface area contributed by atoms with Crippen molar-refractivity contribution in [1.29, 1.82) is 0 Å². The number of phenols is 1. The van der Waals surface area contributed by atoms with E-state index in [-0.39, 0.29) is 5.75 Å². The van der Waals surface area contributed by atoms with Crippen LogP contribution in [0, 0.1) is 11.8 Å². The molecule has 1 aliphatic rings. The van der Waals surface area contributed by atoms with Crippen LogP contribution in [-0.4, -0.2) is 11.7 Å². The van der Waals surface area contributed by atoms with Crippen LogP contribution in [0.4, 0.5) is 0 Å². The highest BCUT2D eigenvalue weighted by atomic mass is 16.5. The van der Waals surface area contributed by atoms with Crippen LogP contribution in [-0.2, 0) is 0 Å². The first-order chi connectivity index (χ1) is 6.75. The predicted octanol–water partition coefficient (Wildman–Crippen LogP) is 2.82. The van der Waals surface area contributed by atoms with Gasteiger partial charge in [0.25, 0.3) is 0 Å². The third-order valence-electron chi connectivity index (χ3n) is 2.76. The minimum absolute atomic E-state index is 0.265. The van der Waals surface area contributed by atoms with Gasteiger partial charge in [-0.2, -0.15) is 0 Å². The van der Waals surface area contributed by atoms with Crippen LogP contribution in [0.5, 0.6) is 11.5 Å². The molecule has 1 saturated carbocycles. The van der Waals surface area contributed by atoms with Gasteiger partial charge >= 0.3 is 0 Å². The molecule has 0 saturated heterocycles. The molecule has 1 aromatic carbocycles. The Morgan fingerprint density at radius 1 is 1.50 bits per heavy atom. The molecule has 0 aromatic heterocycles. The number of benzene rings is 1. The topological polar surface area (TPSA) is 29.5 Å². The van der Waals surface area contributed by atoms with Gasteiger partial charge in [0.2, 0.25) is 0 Å². The fourth-order valence-corrected chi connectivity index (χ4v) is 1.60. The van der Waals surface area contributed by atoms with Gasteiger partial charge in [-0.05, 0) is 36.8 Å². The zero-order valence-corrected chi connectivity index (χ0v) is 8.44. The summed E-state index contributed by atoms with van der Waals surface area (Å²) in [6.07, 6.45) is 2.70. The smallest absolute Gasteiger partial charge is 0.122 e. The largest absolute Gasteiger partial charge is 0.508 e. The molecule has 76 valence electrons. The Hall–Kier alpha value is -1.18. The maximum absolute atomic E-state index is 9.22. The van der Waals surface area contributed by atoms with Gasteiger partial charge in [0.05, 0.1) is 6.61 Å². The number of aromatic hydroxyl groups is 1. The first-order valence-electron chi connectivity index (χ1n) is 5.17. The fraction of sp³-hybridized carbons (Fsp3) is 0.500. The van der Waals surface area contributed by atoms with Gasteiger partial charge < -0.3 is 9.84 Å². The summed E-state index contributed by atoms with van der Waals surface area (Å²) in [5.74, 6) is 2.53. The third-order valence-corrected chi connectivity index (χ3v) is 2.76. The highest BCUT2D eigenvalue weighted by Crippen LogP contribution is 2.36. The molecule has 1 N–H and O–H groups in total. The maximum atomic E-state index is 9.22. The van der Waals surface area contributed by atoms with Crippen molar-refractivity contribution >= 4 is 0 Å². The van der Waals surface area contributed by atoms with Crippen LogP contribution < -0.4 is 4.74 Å². The minimum Gasteiger partial charge on any atom is -0.508 e. The van der Waals surface area contributed by atoms with E-state index in [0.29, 0.717) is 5.92 Å². The zero-order chi connectivity index (χ0) is 9.97. The van der Waals surface area contributed by atoms with E-state index in [1.807, 2.05) is 6.07 Å². The lowest BCUT2D eigenvalue weighted by atomic mass is 10.1. The van der Waals surface area contributed by atoms with Gasteiger partial charge in [-0.15, -0.1) is 0 Å². The lowest BCUT2D eigenvalue weighted by Gasteiger charge is -2.11. The summed E-state index contributed by atoms with van der Waals surface area (Å²) in [5.41, 5.74) is 0. The molecule has 0 spiro atoms. The SMILES string of the molecule is CC(COc1cccc(O)c1)C1CC1. The molecule has 2 heteroatoms. The van der Waals surface area contributed by atoms with Crippen molar-refractivity contribution in [1.82, 2.24) is 0 Å². The Bertz CT molecular complexity index is 305. The van der Waals surface area contributed by atoms with Crippen molar-refractivity contribution in [2.45, 2.75) is 19.8 Å². The predicted molar refractivity (Wildman–Crippen MR) is 55.5 cm³/mol. The first-order valence-corrected chi connectivity index (χ1v) is 5.17. The lowest BCUT2D eigenvalue weighted by molar-refractivity contribution is 0.243. The summed E-state index contributed by atoms with van der Waals surface area (Å²) >= 11 is 0. The standard InChI is InChI=1S/C12H16O2/c1-9(10-5-6-10)8-14-12-4-2-3-11(13)7-12/h2-4,7,9-10,13H,5-6,8H2,1H3. The van der Waals surface area contributed by atoms with E-state index < -0.39 is 0 Å². The van der Waals surface area contributed by atoms with Crippen LogP contribution in [0.25, 0.3) is 0 Å². The van der Waals surface area contributed by atoms with Crippen molar-refractivity contribution in [2.75, 3.05) is 6.61 Å². The summed E-state index contributed by atoms with van der Waals surface area (Å²) in [7, 11) is 0. The summed E-state index contributed by atoms with van der Waals surface area (Å²) in [6.45, 7) is 2.98. The first kappa shape index (κ1) is 9.38. The molecule has 0 bridgehead atoms. The maximum Gasteiger partial charge on any atom is 0.122 e. The van der Waals surface area contributed by atoms with Crippen molar-refractivity contribution in [3.63, 3.8) is 0 Å². The molecule has 1 unspecified atom stereocenters. The van der Waals surface area contributed by atoms with Gasteiger partial charge in [0.15, 0.2) is 0 Å². The van der Waals surface area contributed by atoms with Gasteiger partial charge in [-0.3, -0.25) is 0 Å². The Kier molecular flexibility index (Phi) is 2.62. The second-order valence-corrected chi connectivity index (χ2v) is 4.12. The van der Waals surface area contributed by atoms with Crippen molar-refractivity contribution in [3.8, 4) is 11.5 Å². The third kappa shape index (κ3) is 2.41. The highest BCUT2D eigenvalue weighted by molar-refractivity contribution is 5.31. The summed E-state index contributed by atoms with van der Waals surface area (Å²) < 4.78 is 5.59. The Balaban J connectivity index is 1.84. The second-order valence-electron chi connectivity index (χ2n) is 4.12. The van der Waals surface area contributed by atoms with E-state index in [0.717, 1.165) is 18.3 Å². The van der Waals surface area contributed by atoms with E-state index in [1.54, 1.807) is 18.2 Å². The van der Waals surface area contributed by atoms with Gasteiger partial charge in [0, 0.05) is 6.07 Å².